The van der Waals surface area contributed by atoms with Crippen molar-refractivity contribution in [1.82, 2.24) is 19.8 Å². The minimum Gasteiger partial charge on any atom is -0.490 e. The van der Waals surface area contributed by atoms with Crippen LogP contribution < -0.4 is 15.4 Å². The van der Waals surface area contributed by atoms with Crippen LogP contribution in [0.2, 0.25) is 0 Å². The molecule has 2 aliphatic rings. The van der Waals surface area contributed by atoms with Crippen LogP contribution in [-0.2, 0) is 4.79 Å². The van der Waals surface area contributed by atoms with Crippen molar-refractivity contribution in [3.63, 3.8) is 0 Å². The molecule has 0 bridgehead atoms. The largest absolute Gasteiger partial charge is 0.490 e. The van der Waals surface area contributed by atoms with E-state index in [0.29, 0.717) is 24.7 Å². The molecule has 8 nitrogen and oxygen atoms in total. The zero-order valence-corrected chi connectivity index (χ0v) is 19.5. The van der Waals surface area contributed by atoms with Gasteiger partial charge in [0.1, 0.15) is 23.5 Å². The van der Waals surface area contributed by atoms with Crippen molar-refractivity contribution >= 4 is 34.0 Å². The summed E-state index contributed by atoms with van der Waals surface area (Å²) in [7, 11) is 2.14. The monoisotopic (exact) mass is 454 g/mol. The first kappa shape index (κ1) is 22.4. The summed E-state index contributed by atoms with van der Waals surface area (Å²) in [5, 5.41) is 7.58. The molecule has 2 aromatic heterocycles. The second kappa shape index (κ2) is 10.2. The number of anilines is 3. The summed E-state index contributed by atoms with van der Waals surface area (Å²) < 4.78 is 6.34. The summed E-state index contributed by atoms with van der Waals surface area (Å²) in [6.45, 7) is 5.36. The van der Waals surface area contributed by atoms with Gasteiger partial charge in [-0.2, -0.15) is 0 Å². The van der Waals surface area contributed by atoms with Gasteiger partial charge in [0.2, 0.25) is 0 Å². The first-order valence-corrected chi connectivity index (χ1v) is 11.9. The molecule has 32 heavy (non-hydrogen) atoms. The summed E-state index contributed by atoms with van der Waals surface area (Å²) in [6.07, 6.45) is 11.2. The second-order valence-electron chi connectivity index (χ2n) is 8.47. The van der Waals surface area contributed by atoms with E-state index in [1.807, 2.05) is 25.3 Å². The maximum Gasteiger partial charge on any atom is 0.298 e. The van der Waals surface area contributed by atoms with Crippen LogP contribution >= 0.6 is 11.3 Å². The molecule has 0 aromatic carbocycles. The minimum absolute atomic E-state index is 0.0853. The molecule has 0 saturated carbocycles. The van der Waals surface area contributed by atoms with Gasteiger partial charge in [-0.15, -0.1) is 17.8 Å². The summed E-state index contributed by atoms with van der Waals surface area (Å²) in [4.78, 5) is 26.2. The van der Waals surface area contributed by atoms with E-state index >= 15 is 0 Å². The Morgan fingerprint density at radius 2 is 2.03 bits per heavy atom. The van der Waals surface area contributed by atoms with Crippen molar-refractivity contribution < 1.29 is 9.53 Å². The number of amides is 1. The Labute approximate surface area is 193 Å². The van der Waals surface area contributed by atoms with E-state index in [9.17, 15) is 4.79 Å². The number of likely N-dealkylation sites (tertiary alicyclic amines) is 2. The molecule has 4 rings (SSSR count). The van der Waals surface area contributed by atoms with Crippen molar-refractivity contribution in [1.29, 1.82) is 0 Å². The van der Waals surface area contributed by atoms with Crippen molar-refractivity contribution in [2.45, 2.75) is 44.8 Å². The number of hydrogen-bond donors (Lipinski definition) is 2. The molecule has 2 aliphatic heterocycles. The van der Waals surface area contributed by atoms with E-state index < -0.39 is 0 Å². The number of nitrogens with one attached hydrogen (secondary N) is 2. The third-order valence-corrected chi connectivity index (χ3v) is 6.64. The van der Waals surface area contributed by atoms with Gasteiger partial charge in [0.15, 0.2) is 5.13 Å². The van der Waals surface area contributed by atoms with Crippen LogP contribution in [0.25, 0.3) is 0 Å². The molecule has 2 aromatic rings. The molecule has 2 saturated heterocycles. The third-order valence-electron chi connectivity index (χ3n) is 5.81. The lowest BCUT2D eigenvalue weighted by Crippen LogP contribution is -2.44. The smallest absolute Gasteiger partial charge is 0.298 e. The van der Waals surface area contributed by atoms with Gasteiger partial charge in [-0.25, -0.2) is 9.97 Å². The first-order valence-electron chi connectivity index (χ1n) is 11.1. The number of thiazole rings is 1. The van der Waals surface area contributed by atoms with E-state index in [1.54, 1.807) is 16.2 Å². The number of ether oxygens (including phenoxy) is 1. The molecule has 0 spiro atoms. The molecular weight excluding hydrogens is 424 g/mol. The number of hydrogen-bond acceptors (Lipinski definition) is 8. The Morgan fingerprint density at radius 1 is 1.25 bits per heavy atom. The van der Waals surface area contributed by atoms with Crippen LogP contribution in [0.4, 0.5) is 16.8 Å². The van der Waals surface area contributed by atoms with Crippen LogP contribution in [0.15, 0.2) is 18.3 Å². The van der Waals surface area contributed by atoms with E-state index in [1.165, 1.54) is 0 Å². The predicted molar refractivity (Wildman–Crippen MR) is 128 cm³/mol. The number of pyridine rings is 1. The van der Waals surface area contributed by atoms with Crippen molar-refractivity contribution in [3.8, 4) is 18.1 Å². The molecule has 1 atom stereocenters. The number of terminal acetylenes is 1. The molecule has 2 fully saturated rings. The van der Waals surface area contributed by atoms with Gasteiger partial charge in [0.05, 0.1) is 0 Å². The number of carbonyl (C=O) groups is 1. The van der Waals surface area contributed by atoms with E-state index in [0.717, 1.165) is 54.5 Å². The Balaban J connectivity index is 1.51. The molecule has 9 heteroatoms. The molecule has 4 heterocycles. The number of aromatic nitrogens is 2. The molecule has 2 N–H and O–H groups in total. The van der Waals surface area contributed by atoms with E-state index in [2.05, 4.69) is 33.5 Å². The van der Waals surface area contributed by atoms with Crippen LogP contribution in [0.3, 0.4) is 0 Å². The summed E-state index contributed by atoms with van der Waals surface area (Å²) in [6, 6.07) is 3.95. The first-order chi connectivity index (χ1) is 15.5. The fourth-order valence-electron chi connectivity index (χ4n) is 4.11. The lowest BCUT2D eigenvalue weighted by Gasteiger charge is -2.32. The van der Waals surface area contributed by atoms with Crippen molar-refractivity contribution in [2.75, 3.05) is 43.9 Å². The lowest BCUT2D eigenvalue weighted by molar-refractivity contribution is -0.126. The summed E-state index contributed by atoms with van der Waals surface area (Å²) in [5.74, 6) is 4.13. The number of carbonyl (C=O) groups excluding carboxylic acids is 1. The molecular formula is C23H30N6O2S. The molecule has 0 unspecified atom stereocenters. The highest BCUT2D eigenvalue weighted by Crippen LogP contribution is 2.28. The van der Waals surface area contributed by atoms with Gasteiger partial charge in [-0.3, -0.25) is 4.79 Å². The number of aryl methyl sites for hydroxylation is 1. The standard InChI is InChI=1S/C23H30N6O2S/c1-4-22(30)29-9-5-6-17(15-29)25-20-12-19(31-18-7-10-28(3)11-8-18)13-21(26-20)27-23-24-14-16(2)32-23/h1,12-14,17-18H,5-11,15H2,2-3H3,(H2,24,25,26,27)/t17-/m0/s1. The minimum atomic E-state index is -0.259. The van der Waals surface area contributed by atoms with E-state index in [-0.39, 0.29) is 18.1 Å². The highest BCUT2D eigenvalue weighted by atomic mass is 32.1. The molecule has 1 amide bonds. The van der Waals surface area contributed by atoms with Crippen LogP contribution in [0.1, 0.15) is 30.6 Å². The zero-order chi connectivity index (χ0) is 22.5. The van der Waals surface area contributed by atoms with Gasteiger partial charge < -0.3 is 25.2 Å². The molecule has 170 valence electrons. The van der Waals surface area contributed by atoms with Crippen LogP contribution in [0, 0.1) is 19.3 Å². The topological polar surface area (TPSA) is 82.6 Å². The van der Waals surface area contributed by atoms with Gasteiger partial charge in [0, 0.05) is 55.4 Å². The zero-order valence-electron chi connectivity index (χ0n) is 18.6. The number of rotatable bonds is 6. The average molecular weight is 455 g/mol. The van der Waals surface area contributed by atoms with Crippen LogP contribution in [-0.4, -0.2) is 71.0 Å². The predicted octanol–water partition coefficient (Wildman–Crippen LogP) is 3.10. The Morgan fingerprint density at radius 3 is 2.75 bits per heavy atom. The number of piperidine rings is 2. The average Bonchev–Trinajstić information content (AvgIpc) is 3.19. The summed E-state index contributed by atoms with van der Waals surface area (Å²) >= 11 is 1.58. The van der Waals surface area contributed by atoms with Crippen molar-refractivity contribution in [3.05, 3.63) is 23.2 Å². The lowest BCUT2D eigenvalue weighted by atomic mass is 10.1. The normalized spacial score (nSPS) is 19.9. The quantitative estimate of drug-likeness (QED) is 0.649. The Bertz CT molecular complexity index is 979. The van der Waals surface area contributed by atoms with Gasteiger partial charge >= 0.3 is 0 Å². The molecule has 0 aliphatic carbocycles. The number of nitrogens with zero attached hydrogens (tertiary/aromatic N) is 4. The van der Waals surface area contributed by atoms with Gasteiger partial charge in [-0.05, 0) is 45.6 Å². The van der Waals surface area contributed by atoms with E-state index in [4.69, 9.17) is 16.1 Å². The maximum absolute atomic E-state index is 11.9. The summed E-state index contributed by atoms with van der Waals surface area (Å²) in [5.41, 5.74) is 0. The third kappa shape index (κ3) is 5.90. The fraction of sp³-hybridized carbons (Fsp3) is 0.522. The second-order valence-corrected chi connectivity index (χ2v) is 9.71. The van der Waals surface area contributed by atoms with Crippen LogP contribution in [0.5, 0.6) is 5.75 Å². The highest BCUT2D eigenvalue weighted by Gasteiger charge is 2.24. The Kier molecular flexibility index (Phi) is 7.12. The SMILES string of the molecule is C#CC(=O)N1CCC[C@H](Nc2cc(OC3CCN(C)CC3)cc(Nc3ncc(C)s3)n2)C1. The van der Waals surface area contributed by atoms with Gasteiger partial charge in [-0.1, -0.05) is 0 Å². The highest BCUT2D eigenvalue weighted by molar-refractivity contribution is 7.15. The Hall–Kier alpha value is -2.83. The van der Waals surface area contributed by atoms with Crippen molar-refractivity contribution in [2.24, 2.45) is 0 Å². The fourth-order valence-corrected chi connectivity index (χ4v) is 4.78. The van der Waals surface area contributed by atoms with Gasteiger partial charge in [0.25, 0.3) is 5.91 Å². The maximum atomic E-state index is 11.9. The molecule has 0 radical (unpaired) electrons.